The highest BCUT2D eigenvalue weighted by Gasteiger charge is 2.28. The molecule has 0 aliphatic carbocycles. The number of imidazole rings is 1. The molecule has 0 radical (unpaired) electrons. The van der Waals surface area contributed by atoms with Crippen LogP contribution in [0.25, 0.3) is 16.9 Å². The van der Waals surface area contributed by atoms with E-state index in [-0.39, 0.29) is 17.1 Å². The minimum atomic E-state index is -1.58. The quantitative estimate of drug-likeness (QED) is 0.428. The second-order valence-electron chi connectivity index (χ2n) is 5.62. The zero-order valence-electron chi connectivity index (χ0n) is 13.6. The number of rotatable bonds is 3. The van der Waals surface area contributed by atoms with Crippen molar-refractivity contribution in [2.24, 2.45) is 0 Å². The number of pyridine rings is 1. The highest BCUT2D eigenvalue weighted by atomic mass is 19.2. The summed E-state index contributed by atoms with van der Waals surface area (Å²) in [5.41, 5.74) is 0.336. The Morgan fingerprint density at radius 3 is 2.74 bits per heavy atom. The Hall–Kier alpha value is -3.75. The maximum absolute atomic E-state index is 14.3. The van der Waals surface area contributed by atoms with Gasteiger partial charge in [0.2, 0.25) is 5.69 Å². The predicted octanol–water partition coefficient (Wildman–Crippen LogP) is 2.30. The first-order valence-electron chi connectivity index (χ1n) is 7.86. The summed E-state index contributed by atoms with van der Waals surface area (Å²) in [5.74, 6) is -4.33. The number of hydrogen-bond acceptors (Lipinski definition) is 2. The molecule has 3 heterocycles. The van der Waals surface area contributed by atoms with Crippen LogP contribution in [-0.2, 0) is 0 Å². The van der Waals surface area contributed by atoms with E-state index in [2.05, 4.69) is 20.3 Å². The van der Waals surface area contributed by atoms with E-state index in [1.165, 1.54) is 10.7 Å². The van der Waals surface area contributed by atoms with Crippen LogP contribution in [0, 0.1) is 17.5 Å². The summed E-state index contributed by atoms with van der Waals surface area (Å²) in [4.78, 5) is 22.1. The number of nitrogens with zero attached hydrogens (tertiary/aromatic N) is 2. The van der Waals surface area contributed by atoms with Crippen molar-refractivity contribution in [3.63, 3.8) is 0 Å². The van der Waals surface area contributed by atoms with Crippen LogP contribution in [-0.4, -0.2) is 15.9 Å². The zero-order valence-corrected chi connectivity index (χ0v) is 13.6. The van der Waals surface area contributed by atoms with Gasteiger partial charge in [0.25, 0.3) is 18.0 Å². The summed E-state index contributed by atoms with van der Waals surface area (Å²) < 4.78 is 42.7. The minimum Gasteiger partial charge on any atom is -0.282 e. The van der Waals surface area contributed by atoms with Crippen LogP contribution in [0.2, 0.25) is 0 Å². The number of carbonyl (C=O) groups excluding carboxylic acids is 1. The van der Waals surface area contributed by atoms with Crippen LogP contribution in [0.15, 0.2) is 55.1 Å². The Labute approximate surface area is 150 Å². The van der Waals surface area contributed by atoms with Gasteiger partial charge in [-0.2, -0.15) is 4.40 Å². The fraction of sp³-hybridized carbons (Fsp3) is 0. The van der Waals surface area contributed by atoms with Crippen LogP contribution in [0.4, 0.5) is 19.0 Å². The number of amides is 1. The van der Waals surface area contributed by atoms with Crippen molar-refractivity contribution in [3.8, 4) is 11.4 Å². The summed E-state index contributed by atoms with van der Waals surface area (Å²) in [6.45, 7) is 0. The molecule has 1 aromatic carbocycles. The van der Waals surface area contributed by atoms with Crippen LogP contribution in [0.5, 0.6) is 0 Å². The first kappa shape index (κ1) is 16.7. The topological polar surface area (TPSA) is 76.0 Å². The number of nitrogens with one attached hydrogen (secondary N) is 3. The van der Waals surface area contributed by atoms with Crippen molar-refractivity contribution >= 4 is 17.2 Å². The van der Waals surface area contributed by atoms with E-state index in [1.807, 2.05) is 0 Å². The summed E-state index contributed by atoms with van der Waals surface area (Å²) in [5, 5.41) is 2.61. The predicted molar refractivity (Wildman–Crippen MR) is 88.0 cm³/mol. The third-order valence-corrected chi connectivity index (χ3v) is 3.97. The Morgan fingerprint density at radius 2 is 1.96 bits per heavy atom. The van der Waals surface area contributed by atoms with Gasteiger partial charge in [0.15, 0.2) is 23.0 Å². The molecule has 0 saturated heterocycles. The van der Waals surface area contributed by atoms with E-state index in [9.17, 15) is 18.0 Å². The zero-order chi connectivity index (χ0) is 19.0. The molecular formula is C18H12F3N5O+2. The number of benzene rings is 1. The molecule has 3 aromatic heterocycles. The molecule has 0 fully saturated rings. The molecule has 0 aliphatic heterocycles. The van der Waals surface area contributed by atoms with Crippen molar-refractivity contribution < 1.29 is 27.4 Å². The Morgan fingerprint density at radius 1 is 1.11 bits per heavy atom. The first-order valence-corrected chi connectivity index (χ1v) is 7.86. The van der Waals surface area contributed by atoms with Gasteiger partial charge in [0, 0.05) is 6.07 Å². The Kier molecular flexibility index (Phi) is 4.03. The second-order valence-corrected chi connectivity index (χ2v) is 5.62. The molecule has 4 aromatic rings. The van der Waals surface area contributed by atoms with E-state index >= 15 is 0 Å². The summed E-state index contributed by atoms with van der Waals surface area (Å²) >= 11 is 0. The van der Waals surface area contributed by atoms with E-state index in [0.717, 1.165) is 12.1 Å². The molecule has 0 bridgehead atoms. The standard InChI is InChI=1S/C18H10F3N5O/c19-11-5-4-10(14(20)15(11)21)17-25-16(12-3-1-2-8-26(12)17)18(27)24-13-6-7-22-9-23-13/h1-9H,(H,22,23,24,27)/p+2. The lowest BCUT2D eigenvalue weighted by Crippen LogP contribution is -2.22. The van der Waals surface area contributed by atoms with Crippen LogP contribution >= 0.6 is 0 Å². The number of aromatic amines is 2. The van der Waals surface area contributed by atoms with E-state index in [4.69, 9.17) is 0 Å². The van der Waals surface area contributed by atoms with E-state index in [1.54, 1.807) is 36.7 Å². The van der Waals surface area contributed by atoms with Gasteiger partial charge in [0.05, 0.1) is 12.4 Å². The molecule has 9 heteroatoms. The van der Waals surface area contributed by atoms with Crippen LogP contribution in [0.3, 0.4) is 0 Å². The van der Waals surface area contributed by atoms with E-state index < -0.39 is 23.4 Å². The number of fused-ring (bicyclic) bond motifs is 1. The van der Waals surface area contributed by atoms with Crippen LogP contribution in [0.1, 0.15) is 10.5 Å². The fourth-order valence-electron chi connectivity index (χ4n) is 2.74. The fourth-order valence-corrected chi connectivity index (χ4v) is 2.74. The molecular weight excluding hydrogens is 359 g/mol. The molecule has 0 atom stereocenters. The monoisotopic (exact) mass is 371 g/mol. The molecule has 4 rings (SSSR count). The van der Waals surface area contributed by atoms with Gasteiger partial charge in [0.1, 0.15) is 5.56 Å². The maximum atomic E-state index is 14.3. The normalized spacial score (nSPS) is 10.9. The van der Waals surface area contributed by atoms with Crippen molar-refractivity contribution in [2.75, 3.05) is 5.32 Å². The number of carbonyl (C=O) groups is 1. The Bertz CT molecular complexity index is 1160. The molecule has 0 spiro atoms. The summed E-state index contributed by atoms with van der Waals surface area (Å²) in [7, 11) is 0. The van der Waals surface area contributed by atoms with Crippen molar-refractivity contribution in [3.05, 3.63) is 78.3 Å². The lowest BCUT2D eigenvalue weighted by Gasteiger charge is -1.99. The average molecular weight is 371 g/mol. The molecule has 134 valence electrons. The number of hydrogen-bond donors (Lipinski definition) is 2. The van der Waals surface area contributed by atoms with Gasteiger partial charge < -0.3 is 0 Å². The number of aromatic nitrogens is 4. The summed E-state index contributed by atoms with van der Waals surface area (Å²) in [6, 6.07) is 8.49. The van der Waals surface area contributed by atoms with Gasteiger partial charge in [-0.05, 0) is 29.2 Å². The molecule has 0 unspecified atom stereocenters. The molecule has 0 saturated carbocycles. The molecule has 6 nitrogen and oxygen atoms in total. The largest absolute Gasteiger partial charge is 0.302 e. The lowest BCUT2D eigenvalue weighted by molar-refractivity contribution is -0.498. The van der Waals surface area contributed by atoms with Gasteiger partial charge in [-0.1, -0.05) is 6.07 Å². The van der Waals surface area contributed by atoms with E-state index in [0.29, 0.717) is 11.3 Å². The number of H-pyrrole nitrogens is 2. The SMILES string of the molecule is O=C(Nc1cc[nH+]cn1)c1[nH]c(-c2ccc(F)c(F)c2F)[n+]2ccccc12. The number of anilines is 1. The molecule has 3 N–H and O–H groups in total. The first-order chi connectivity index (χ1) is 13.1. The average Bonchev–Trinajstić information content (AvgIpc) is 3.07. The van der Waals surface area contributed by atoms with Gasteiger partial charge in [-0.3, -0.25) is 15.1 Å². The summed E-state index contributed by atoms with van der Waals surface area (Å²) in [6.07, 6.45) is 4.57. The minimum absolute atomic E-state index is 0.0986. The van der Waals surface area contributed by atoms with Crippen LogP contribution < -0.4 is 14.7 Å². The van der Waals surface area contributed by atoms with Crippen molar-refractivity contribution in [2.45, 2.75) is 0 Å². The molecule has 1 amide bonds. The van der Waals surface area contributed by atoms with Gasteiger partial charge in [-0.15, -0.1) is 0 Å². The highest BCUT2D eigenvalue weighted by Crippen LogP contribution is 2.24. The number of halogens is 3. The second kappa shape index (κ2) is 6.52. The lowest BCUT2D eigenvalue weighted by atomic mass is 10.2. The highest BCUT2D eigenvalue weighted by molar-refractivity contribution is 6.06. The molecule has 0 aliphatic rings. The maximum Gasteiger partial charge on any atom is 0.302 e. The van der Waals surface area contributed by atoms with Gasteiger partial charge >= 0.3 is 5.91 Å². The van der Waals surface area contributed by atoms with Gasteiger partial charge in [-0.25, -0.2) is 18.2 Å². The van der Waals surface area contributed by atoms with Crippen molar-refractivity contribution in [1.29, 1.82) is 0 Å². The Balaban J connectivity index is 1.85. The molecule has 27 heavy (non-hydrogen) atoms. The van der Waals surface area contributed by atoms with Crippen molar-refractivity contribution in [1.82, 2.24) is 9.97 Å². The third-order valence-electron chi connectivity index (χ3n) is 3.97. The smallest absolute Gasteiger partial charge is 0.282 e. The third kappa shape index (κ3) is 2.88.